The topological polar surface area (TPSA) is 81.4 Å². The van der Waals surface area contributed by atoms with Crippen molar-refractivity contribution in [1.82, 2.24) is 5.32 Å². The number of hydrogen-bond acceptors (Lipinski definition) is 4. The largest absolute Gasteiger partial charge is 0.376 e. The predicted octanol–water partition coefficient (Wildman–Crippen LogP) is 3.71. The van der Waals surface area contributed by atoms with Crippen LogP contribution in [0, 0.1) is 5.92 Å². The van der Waals surface area contributed by atoms with Crippen LogP contribution in [0.3, 0.4) is 0 Å². The Morgan fingerprint density at radius 2 is 1.33 bits per heavy atom. The third kappa shape index (κ3) is 8.64. The van der Waals surface area contributed by atoms with Gasteiger partial charge in [-0.2, -0.15) is 0 Å². The molecule has 0 saturated carbocycles. The van der Waals surface area contributed by atoms with Crippen LogP contribution in [0.2, 0.25) is 0 Å². The summed E-state index contributed by atoms with van der Waals surface area (Å²) in [5.74, 6) is -0.655. The lowest BCUT2D eigenvalue weighted by Crippen LogP contribution is -2.44. The summed E-state index contributed by atoms with van der Waals surface area (Å²) >= 11 is 0. The van der Waals surface area contributed by atoms with Gasteiger partial charge in [-0.05, 0) is 29.5 Å². The van der Waals surface area contributed by atoms with Crippen LogP contribution in [0.15, 0.2) is 91.0 Å². The van der Waals surface area contributed by atoms with Crippen LogP contribution in [0.25, 0.3) is 0 Å². The molecule has 3 aromatic carbocycles. The third-order valence-electron chi connectivity index (χ3n) is 5.55. The van der Waals surface area contributed by atoms with Crippen molar-refractivity contribution in [3.05, 3.63) is 108 Å². The SMILES string of the molecule is NC(CCc1ccccc1)C(=O)NCC(COCc1ccccc1)C(=O)Cc1ccccc1. The van der Waals surface area contributed by atoms with Gasteiger partial charge in [0, 0.05) is 13.0 Å². The maximum atomic E-state index is 13.0. The molecule has 0 radical (unpaired) electrons. The zero-order chi connectivity index (χ0) is 23.3. The minimum atomic E-state index is -0.625. The second-order valence-corrected chi connectivity index (χ2v) is 8.20. The summed E-state index contributed by atoms with van der Waals surface area (Å²) in [6.07, 6.45) is 1.57. The van der Waals surface area contributed by atoms with Gasteiger partial charge in [-0.1, -0.05) is 91.0 Å². The number of Topliss-reactive ketones (excluding diaryl/α,β-unsaturated/α-hetero) is 1. The number of rotatable bonds is 13. The Hall–Kier alpha value is -3.28. The number of benzene rings is 3. The van der Waals surface area contributed by atoms with Crippen molar-refractivity contribution in [2.75, 3.05) is 13.2 Å². The molecule has 5 nitrogen and oxygen atoms in total. The van der Waals surface area contributed by atoms with Gasteiger partial charge in [0.15, 0.2) is 0 Å². The third-order valence-corrected chi connectivity index (χ3v) is 5.55. The summed E-state index contributed by atoms with van der Waals surface area (Å²) in [7, 11) is 0. The molecule has 0 heterocycles. The summed E-state index contributed by atoms with van der Waals surface area (Å²) in [5.41, 5.74) is 9.23. The van der Waals surface area contributed by atoms with E-state index in [4.69, 9.17) is 10.5 Å². The van der Waals surface area contributed by atoms with Crippen molar-refractivity contribution >= 4 is 11.7 Å². The lowest BCUT2D eigenvalue weighted by Gasteiger charge is -2.19. The first-order valence-electron chi connectivity index (χ1n) is 11.4. The van der Waals surface area contributed by atoms with Crippen LogP contribution in [0.5, 0.6) is 0 Å². The lowest BCUT2D eigenvalue weighted by atomic mass is 9.98. The molecule has 0 aliphatic carbocycles. The maximum absolute atomic E-state index is 13.0. The van der Waals surface area contributed by atoms with E-state index in [1.807, 2.05) is 91.0 Å². The molecule has 0 bridgehead atoms. The second kappa shape index (κ2) is 13.3. The molecule has 172 valence electrons. The van der Waals surface area contributed by atoms with Gasteiger partial charge in [0.25, 0.3) is 0 Å². The molecule has 2 unspecified atom stereocenters. The molecule has 3 rings (SSSR count). The first kappa shape index (κ1) is 24.4. The standard InChI is InChI=1S/C28H32N2O3/c29-26(17-16-22-10-4-1-5-11-22)28(32)30-19-25(21-33-20-24-14-8-3-9-15-24)27(31)18-23-12-6-2-7-13-23/h1-15,25-26H,16-21,29H2,(H,30,32). The fourth-order valence-electron chi connectivity index (χ4n) is 3.55. The van der Waals surface area contributed by atoms with E-state index in [0.29, 0.717) is 19.4 Å². The molecule has 0 aromatic heterocycles. The van der Waals surface area contributed by atoms with Gasteiger partial charge in [-0.15, -0.1) is 0 Å². The van der Waals surface area contributed by atoms with E-state index in [1.165, 1.54) is 0 Å². The number of ketones is 1. The van der Waals surface area contributed by atoms with E-state index >= 15 is 0 Å². The first-order chi connectivity index (χ1) is 16.1. The summed E-state index contributed by atoms with van der Waals surface area (Å²) < 4.78 is 5.84. The number of amides is 1. The van der Waals surface area contributed by atoms with Crippen LogP contribution >= 0.6 is 0 Å². The number of nitrogens with one attached hydrogen (secondary N) is 1. The van der Waals surface area contributed by atoms with Crippen LogP contribution in [-0.2, 0) is 33.8 Å². The molecule has 5 heteroatoms. The number of nitrogens with two attached hydrogens (primary N) is 1. The Morgan fingerprint density at radius 3 is 1.94 bits per heavy atom. The molecule has 2 atom stereocenters. The van der Waals surface area contributed by atoms with Gasteiger partial charge in [0.2, 0.25) is 5.91 Å². The van der Waals surface area contributed by atoms with Gasteiger partial charge < -0.3 is 15.8 Å². The Morgan fingerprint density at radius 1 is 0.788 bits per heavy atom. The van der Waals surface area contributed by atoms with E-state index in [1.54, 1.807) is 0 Å². The Labute approximate surface area is 196 Å². The van der Waals surface area contributed by atoms with E-state index in [9.17, 15) is 9.59 Å². The summed E-state index contributed by atoms with van der Waals surface area (Å²) in [5, 5.41) is 2.87. The Bertz CT molecular complexity index is 978. The van der Waals surface area contributed by atoms with Gasteiger partial charge >= 0.3 is 0 Å². The van der Waals surface area contributed by atoms with Gasteiger partial charge in [-0.25, -0.2) is 0 Å². The second-order valence-electron chi connectivity index (χ2n) is 8.20. The highest BCUT2D eigenvalue weighted by Gasteiger charge is 2.22. The number of ether oxygens (including phenoxy) is 1. The quantitative estimate of drug-likeness (QED) is 0.421. The number of carbonyl (C=O) groups is 2. The molecule has 0 saturated heterocycles. The summed E-state index contributed by atoms with van der Waals surface area (Å²) in [6, 6.07) is 28.7. The summed E-state index contributed by atoms with van der Waals surface area (Å²) in [6.45, 7) is 0.860. The van der Waals surface area contributed by atoms with E-state index in [2.05, 4.69) is 5.32 Å². The number of aryl methyl sites for hydroxylation is 1. The fourth-order valence-corrected chi connectivity index (χ4v) is 3.55. The maximum Gasteiger partial charge on any atom is 0.236 e. The average molecular weight is 445 g/mol. The molecule has 0 spiro atoms. The first-order valence-corrected chi connectivity index (χ1v) is 11.4. The predicted molar refractivity (Wildman–Crippen MR) is 130 cm³/mol. The van der Waals surface area contributed by atoms with Crippen molar-refractivity contribution in [2.24, 2.45) is 11.7 Å². The van der Waals surface area contributed by atoms with Crippen molar-refractivity contribution in [1.29, 1.82) is 0 Å². The van der Waals surface area contributed by atoms with Gasteiger partial charge in [0.1, 0.15) is 5.78 Å². The van der Waals surface area contributed by atoms with E-state index < -0.39 is 12.0 Å². The highest BCUT2D eigenvalue weighted by Crippen LogP contribution is 2.10. The van der Waals surface area contributed by atoms with E-state index in [-0.39, 0.29) is 24.8 Å². The monoisotopic (exact) mass is 444 g/mol. The summed E-state index contributed by atoms with van der Waals surface area (Å²) in [4.78, 5) is 25.5. The highest BCUT2D eigenvalue weighted by molar-refractivity contribution is 5.85. The molecule has 33 heavy (non-hydrogen) atoms. The minimum Gasteiger partial charge on any atom is -0.376 e. The normalized spacial score (nSPS) is 12.6. The zero-order valence-corrected chi connectivity index (χ0v) is 18.9. The van der Waals surface area contributed by atoms with Crippen LogP contribution < -0.4 is 11.1 Å². The lowest BCUT2D eigenvalue weighted by molar-refractivity contribution is -0.125. The molecule has 3 aromatic rings. The van der Waals surface area contributed by atoms with Crippen LogP contribution in [-0.4, -0.2) is 30.9 Å². The van der Waals surface area contributed by atoms with Crippen LogP contribution in [0.4, 0.5) is 0 Å². The van der Waals surface area contributed by atoms with Gasteiger partial charge in [0.05, 0.1) is 25.2 Å². The smallest absolute Gasteiger partial charge is 0.236 e. The molecular formula is C28H32N2O3. The van der Waals surface area contributed by atoms with E-state index in [0.717, 1.165) is 23.1 Å². The van der Waals surface area contributed by atoms with Crippen molar-refractivity contribution in [2.45, 2.75) is 31.9 Å². The average Bonchev–Trinajstić information content (AvgIpc) is 2.86. The minimum absolute atomic E-state index is 0.0346. The van der Waals surface area contributed by atoms with Crippen molar-refractivity contribution < 1.29 is 14.3 Å². The number of carbonyl (C=O) groups excluding carboxylic acids is 2. The van der Waals surface area contributed by atoms with Crippen LogP contribution in [0.1, 0.15) is 23.1 Å². The fraction of sp³-hybridized carbons (Fsp3) is 0.286. The number of hydrogen-bond donors (Lipinski definition) is 2. The Kier molecular flexibility index (Phi) is 9.83. The highest BCUT2D eigenvalue weighted by atomic mass is 16.5. The Balaban J connectivity index is 1.52. The molecule has 3 N–H and O–H groups in total. The molecule has 0 fully saturated rings. The molecular weight excluding hydrogens is 412 g/mol. The zero-order valence-electron chi connectivity index (χ0n) is 18.9. The molecule has 0 aliphatic heterocycles. The molecule has 0 aliphatic rings. The van der Waals surface area contributed by atoms with Crippen molar-refractivity contribution in [3.8, 4) is 0 Å². The van der Waals surface area contributed by atoms with Gasteiger partial charge in [-0.3, -0.25) is 9.59 Å². The van der Waals surface area contributed by atoms with Crippen molar-refractivity contribution in [3.63, 3.8) is 0 Å². The molecule has 1 amide bonds.